The van der Waals surface area contributed by atoms with Crippen molar-refractivity contribution in [2.24, 2.45) is 0 Å². The van der Waals surface area contributed by atoms with Gasteiger partial charge in [-0.2, -0.15) is 8.78 Å². The fourth-order valence-corrected chi connectivity index (χ4v) is 1.45. The second kappa shape index (κ2) is 5.46. The molecule has 88 valence electrons. The molecule has 1 atom stereocenters. The van der Waals surface area contributed by atoms with E-state index in [1.54, 1.807) is 19.1 Å². The van der Waals surface area contributed by atoms with Gasteiger partial charge in [0.25, 0.3) is 5.91 Å². The van der Waals surface area contributed by atoms with Crippen LogP contribution in [0.25, 0.3) is 0 Å². The number of halogens is 4. The van der Waals surface area contributed by atoms with Gasteiger partial charge in [-0.3, -0.25) is 4.79 Å². The summed E-state index contributed by atoms with van der Waals surface area (Å²) in [6.07, 6.45) is -3.02. The molecule has 0 aromatic heterocycles. The molecule has 1 N–H and O–H groups in total. The van der Waals surface area contributed by atoms with E-state index in [-0.39, 0.29) is 0 Å². The highest BCUT2D eigenvalue weighted by molar-refractivity contribution is 6.42. The number of amides is 1. The summed E-state index contributed by atoms with van der Waals surface area (Å²) >= 11 is 11.5. The average molecular weight is 268 g/mol. The lowest BCUT2D eigenvalue weighted by atomic mass is 10.1. The minimum Gasteiger partial charge on any atom is -0.345 e. The minimum atomic E-state index is -3.02. The number of carbonyl (C=O) groups excluding carboxylic acids is 1. The third kappa shape index (κ3) is 3.32. The molecule has 1 aromatic rings. The van der Waals surface area contributed by atoms with Gasteiger partial charge in [-0.05, 0) is 24.6 Å². The Morgan fingerprint density at radius 2 is 1.94 bits per heavy atom. The van der Waals surface area contributed by atoms with Gasteiger partial charge in [0.05, 0.1) is 16.1 Å². The van der Waals surface area contributed by atoms with Gasteiger partial charge in [-0.1, -0.05) is 29.3 Å². The maximum absolute atomic E-state index is 12.0. The topological polar surface area (TPSA) is 29.1 Å². The van der Waals surface area contributed by atoms with Gasteiger partial charge in [-0.15, -0.1) is 0 Å². The molecule has 0 fully saturated rings. The Morgan fingerprint density at radius 3 is 2.44 bits per heavy atom. The van der Waals surface area contributed by atoms with E-state index in [1.807, 2.05) is 0 Å². The SMILES string of the molecule is CC(NC(=O)C(F)F)c1ccc(Cl)c(Cl)c1. The normalized spacial score (nSPS) is 12.6. The van der Waals surface area contributed by atoms with Crippen molar-refractivity contribution < 1.29 is 13.6 Å². The lowest BCUT2D eigenvalue weighted by molar-refractivity contribution is -0.132. The Morgan fingerprint density at radius 1 is 1.31 bits per heavy atom. The van der Waals surface area contributed by atoms with Crippen LogP contribution in [0.3, 0.4) is 0 Å². The predicted octanol–water partition coefficient (Wildman–Crippen LogP) is 3.44. The van der Waals surface area contributed by atoms with E-state index in [0.717, 1.165) is 0 Å². The van der Waals surface area contributed by atoms with Crippen molar-refractivity contribution in [2.45, 2.75) is 19.4 Å². The molecule has 0 aliphatic heterocycles. The Bertz CT molecular complexity index is 398. The first kappa shape index (κ1) is 13.2. The number of hydrogen-bond donors (Lipinski definition) is 1. The summed E-state index contributed by atoms with van der Waals surface area (Å²) in [4.78, 5) is 10.8. The van der Waals surface area contributed by atoms with Crippen LogP contribution in [0.2, 0.25) is 10.0 Å². The summed E-state index contributed by atoms with van der Waals surface area (Å²) in [6, 6.07) is 4.14. The van der Waals surface area contributed by atoms with Gasteiger partial charge in [-0.25, -0.2) is 0 Å². The van der Waals surface area contributed by atoms with Crippen LogP contribution in [0, 0.1) is 0 Å². The van der Waals surface area contributed by atoms with Gasteiger partial charge in [0.1, 0.15) is 0 Å². The molecule has 1 aromatic carbocycles. The van der Waals surface area contributed by atoms with Crippen molar-refractivity contribution in [3.63, 3.8) is 0 Å². The molecule has 2 nitrogen and oxygen atoms in total. The zero-order valence-electron chi connectivity index (χ0n) is 8.31. The molecule has 0 aliphatic rings. The van der Waals surface area contributed by atoms with Crippen LogP contribution in [0.15, 0.2) is 18.2 Å². The van der Waals surface area contributed by atoms with Crippen LogP contribution in [-0.4, -0.2) is 12.3 Å². The van der Waals surface area contributed by atoms with E-state index in [0.29, 0.717) is 15.6 Å². The smallest absolute Gasteiger partial charge is 0.315 e. The highest BCUT2D eigenvalue weighted by Gasteiger charge is 2.18. The first-order chi connectivity index (χ1) is 7.41. The van der Waals surface area contributed by atoms with E-state index in [9.17, 15) is 13.6 Å². The first-order valence-electron chi connectivity index (χ1n) is 4.45. The van der Waals surface area contributed by atoms with Crippen LogP contribution in [0.4, 0.5) is 8.78 Å². The Kier molecular flexibility index (Phi) is 4.50. The zero-order chi connectivity index (χ0) is 12.3. The highest BCUT2D eigenvalue weighted by Crippen LogP contribution is 2.25. The van der Waals surface area contributed by atoms with E-state index >= 15 is 0 Å². The van der Waals surface area contributed by atoms with Crippen LogP contribution in [0.5, 0.6) is 0 Å². The molecule has 0 saturated carbocycles. The largest absolute Gasteiger partial charge is 0.345 e. The quantitative estimate of drug-likeness (QED) is 0.893. The average Bonchev–Trinajstić information content (AvgIpc) is 2.21. The standard InChI is InChI=1S/C10H9Cl2F2NO/c1-5(15-10(16)9(13)14)6-2-3-7(11)8(12)4-6/h2-5,9H,1H3,(H,15,16). The van der Waals surface area contributed by atoms with Crippen molar-refractivity contribution >= 4 is 29.1 Å². The molecule has 6 heteroatoms. The Balaban J connectivity index is 2.77. The molecular weight excluding hydrogens is 259 g/mol. The summed E-state index contributed by atoms with van der Waals surface area (Å²) < 4.78 is 24.0. The van der Waals surface area contributed by atoms with Gasteiger partial charge in [0.15, 0.2) is 0 Å². The van der Waals surface area contributed by atoms with E-state index < -0.39 is 18.4 Å². The van der Waals surface area contributed by atoms with Gasteiger partial charge < -0.3 is 5.32 Å². The third-order valence-corrected chi connectivity index (χ3v) is 2.74. The van der Waals surface area contributed by atoms with Crippen molar-refractivity contribution in [1.82, 2.24) is 5.32 Å². The molecule has 1 amide bonds. The predicted molar refractivity (Wildman–Crippen MR) is 59.0 cm³/mol. The number of benzene rings is 1. The molecule has 0 aliphatic carbocycles. The van der Waals surface area contributed by atoms with Crippen molar-refractivity contribution in [2.75, 3.05) is 0 Å². The van der Waals surface area contributed by atoms with E-state index in [4.69, 9.17) is 23.2 Å². The number of hydrogen-bond acceptors (Lipinski definition) is 1. The van der Waals surface area contributed by atoms with Gasteiger partial charge in [0.2, 0.25) is 0 Å². The molecule has 16 heavy (non-hydrogen) atoms. The molecule has 1 unspecified atom stereocenters. The highest BCUT2D eigenvalue weighted by atomic mass is 35.5. The van der Waals surface area contributed by atoms with Crippen LogP contribution >= 0.6 is 23.2 Å². The molecule has 0 bridgehead atoms. The van der Waals surface area contributed by atoms with Crippen molar-refractivity contribution in [3.05, 3.63) is 33.8 Å². The fourth-order valence-electron chi connectivity index (χ4n) is 1.14. The van der Waals surface area contributed by atoms with E-state index in [2.05, 4.69) is 5.32 Å². The lowest BCUT2D eigenvalue weighted by Gasteiger charge is -2.14. The number of carbonyl (C=O) groups is 1. The zero-order valence-corrected chi connectivity index (χ0v) is 9.82. The van der Waals surface area contributed by atoms with Crippen LogP contribution in [0.1, 0.15) is 18.5 Å². The first-order valence-corrected chi connectivity index (χ1v) is 5.21. The maximum Gasteiger partial charge on any atom is 0.315 e. The molecular formula is C10H9Cl2F2NO. The van der Waals surface area contributed by atoms with Gasteiger partial charge in [0, 0.05) is 0 Å². The summed E-state index contributed by atoms with van der Waals surface area (Å²) in [5.74, 6) is -1.31. The molecule has 0 spiro atoms. The van der Waals surface area contributed by atoms with Gasteiger partial charge >= 0.3 is 6.43 Å². The van der Waals surface area contributed by atoms with Crippen LogP contribution in [-0.2, 0) is 4.79 Å². The number of alkyl halides is 2. The molecule has 0 radical (unpaired) electrons. The summed E-state index contributed by atoms with van der Waals surface area (Å²) in [7, 11) is 0. The second-order valence-electron chi connectivity index (χ2n) is 3.20. The Hall–Kier alpha value is -0.870. The molecule has 0 saturated heterocycles. The second-order valence-corrected chi connectivity index (χ2v) is 4.02. The van der Waals surface area contributed by atoms with E-state index in [1.165, 1.54) is 6.07 Å². The summed E-state index contributed by atoms with van der Waals surface area (Å²) in [6.45, 7) is 1.58. The van der Waals surface area contributed by atoms with Crippen molar-refractivity contribution in [1.29, 1.82) is 0 Å². The Labute approximate surface area is 102 Å². The number of rotatable bonds is 3. The summed E-state index contributed by atoms with van der Waals surface area (Å²) in [5.41, 5.74) is 0.614. The number of nitrogens with one attached hydrogen (secondary N) is 1. The third-order valence-electron chi connectivity index (χ3n) is 2.00. The van der Waals surface area contributed by atoms with Crippen molar-refractivity contribution in [3.8, 4) is 0 Å². The molecule has 0 heterocycles. The van der Waals surface area contributed by atoms with Crippen LogP contribution < -0.4 is 5.32 Å². The summed E-state index contributed by atoms with van der Waals surface area (Å²) in [5, 5.41) is 2.84. The maximum atomic E-state index is 12.0. The fraction of sp³-hybridized carbons (Fsp3) is 0.300. The lowest BCUT2D eigenvalue weighted by Crippen LogP contribution is -2.31. The minimum absolute atomic E-state index is 0.317. The molecule has 1 rings (SSSR count). The monoisotopic (exact) mass is 267 g/mol.